The van der Waals surface area contributed by atoms with E-state index in [1.807, 2.05) is 26.8 Å². The fourth-order valence-corrected chi connectivity index (χ4v) is 6.17. The van der Waals surface area contributed by atoms with E-state index >= 15 is 0 Å². The van der Waals surface area contributed by atoms with Crippen LogP contribution in [-0.4, -0.2) is 72.3 Å². The number of fused-ring (bicyclic) bond motifs is 1. The van der Waals surface area contributed by atoms with Crippen molar-refractivity contribution < 1.29 is 14.3 Å². The lowest BCUT2D eigenvalue weighted by atomic mass is 9.93. The van der Waals surface area contributed by atoms with Crippen LogP contribution in [0.5, 0.6) is 11.5 Å². The van der Waals surface area contributed by atoms with Crippen molar-refractivity contribution in [3.8, 4) is 28.7 Å². The van der Waals surface area contributed by atoms with Gasteiger partial charge in [0, 0.05) is 49.4 Å². The number of benzene rings is 1. The van der Waals surface area contributed by atoms with Crippen molar-refractivity contribution in [1.29, 1.82) is 5.26 Å². The van der Waals surface area contributed by atoms with Gasteiger partial charge in [-0.05, 0) is 43.8 Å². The Labute approximate surface area is 273 Å². The van der Waals surface area contributed by atoms with E-state index in [9.17, 15) is 14.9 Å². The second-order valence-corrected chi connectivity index (χ2v) is 12.8. The van der Waals surface area contributed by atoms with E-state index in [0.717, 1.165) is 19.4 Å². The van der Waals surface area contributed by atoms with Gasteiger partial charge >= 0.3 is 0 Å². The fourth-order valence-electron chi connectivity index (χ4n) is 5.46. The van der Waals surface area contributed by atoms with Crippen molar-refractivity contribution in [2.24, 2.45) is 5.41 Å². The van der Waals surface area contributed by atoms with Crippen molar-refractivity contribution in [2.75, 3.05) is 46.2 Å². The molecule has 0 spiro atoms. The Balaban J connectivity index is 1.60. The standard InChI is InChI=1S/C32H39Cl2N7O4/c1-32(2,3)15-20(16-35)29(42)38-21-9-7-10-40(18-21)11-8-12-41-28-19(17-37-31(36-4)39-28)13-22(30(41)43)25-26(33)23(44-5)14-24(45-6)27(25)34/h13-15,17,21H,7-12,18H2,1-6H3,(H,38,42)(H,36,37,39)/b20-15+. The molecule has 13 heteroatoms. The largest absolute Gasteiger partial charge is 0.495 e. The highest BCUT2D eigenvalue weighted by Crippen LogP contribution is 2.45. The molecular weight excluding hydrogens is 617 g/mol. The third-order valence-corrected chi connectivity index (χ3v) is 8.28. The predicted molar refractivity (Wildman–Crippen MR) is 177 cm³/mol. The van der Waals surface area contributed by atoms with Crippen molar-refractivity contribution >= 4 is 46.1 Å². The molecular formula is C32H39Cl2N7O4. The maximum atomic E-state index is 14.1. The number of likely N-dealkylation sites (tertiary alicyclic amines) is 1. The predicted octanol–water partition coefficient (Wildman–Crippen LogP) is 5.29. The van der Waals surface area contributed by atoms with Crippen molar-refractivity contribution in [3.05, 3.63) is 50.4 Å². The number of piperidine rings is 1. The number of nitrogens with zero attached hydrogens (tertiary/aromatic N) is 5. The second kappa shape index (κ2) is 14.5. The van der Waals surface area contributed by atoms with Gasteiger partial charge in [-0.25, -0.2) is 4.98 Å². The number of amides is 1. The first-order chi connectivity index (χ1) is 21.4. The Morgan fingerprint density at radius 3 is 2.47 bits per heavy atom. The summed E-state index contributed by atoms with van der Waals surface area (Å²) in [6.45, 7) is 8.42. The van der Waals surface area contributed by atoms with Crippen molar-refractivity contribution in [1.82, 2.24) is 24.8 Å². The first-order valence-electron chi connectivity index (χ1n) is 14.8. The highest BCUT2D eigenvalue weighted by Gasteiger charge is 2.25. The molecule has 1 saturated heterocycles. The minimum absolute atomic E-state index is 0.0758. The molecule has 11 nitrogen and oxygen atoms in total. The molecule has 1 aromatic carbocycles. The lowest BCUT2D eigenvalue weighted by Gasteiger charge is -2.33. The lowest BCUT2D eigenvalue weighted by Crippen LogP contribution is -2.48. The number of methoxy groups -OCH3 is 2. The molecule has 45 heavy (non-hydrogen) atoms. The van der Waals surface area contributed by atoms with Crippen LogP contribution in [0.15, 0.2) is 34.8 Å². The molecule has 1 amide bonds. The van der Waals surface area contributed by atoms with Gasteiger partial charge < -0.3 is 25.0 Å². The highest BCUT2D eigenvalue weighted by molar-refractivity contribution is 6.41. The zero-order chi connectivity index (χ0) is 32.9. The normalized spacial score (nSPS) is 15.9. The molecule has 0 bridgehead atoms. The van der Waals surface area contributed by atoms with E-state index in [1.165, 1.54) is 14.2 Å². The van der Waals surface area contributed by atoms with Crippen LogP contribution in [0.2, 0.25) is 10.0 Å². The van der Waals surface area contributed by atoms with Gasteiger partial charge in [-0.2, -0.15) is 10.2 Å². The number of rotatable bonds is 10. The van der Waals surface area contributed by atoms with Gasteiger partial charge in [0.05, 0.1) is 29.8 Å². The molecule has 0 aliphatic carbocycles. The van der Waals surface area contributed by atoms with Crippen LogP contribution in [0, 0.1) is 16.7 Å². The summed E-state index contributed by atoms with van der Waals surface area (Å²) in [5.74, 6) is 0.682. The molecule has 1 atom stereocenters. The van der Waals surface area contributed by atoms with Gasteiger partial charge in [-0.15, -0.1) is 0 Å². The first kappa shape index (κ1) is 34.0. The minimum Gasteiger partial charge on any atom is -0.495 e. The summed E-state index contributed by atoms with van der Waals surface area (Å²) >= 11 is 13.4. The molecule has 1 unspecified atom stereocenters. The second-order valence-electron chi connectivity index (χ2n) is 12.0. The molecule has 2 N–H and O–H groups in total. The quantitative estimate of drug-likeness (QED) is 0.221. The van der Waals surface area contributed by atoms with Crippen LogP contribution in [0.4, 0.5) is 5.95 Å². The van der Waals surface area contributed by atoms with E-state index in [-0.39, 0.29) is 44.1 Å². The van der Waals surface area contributed by atoms with E-state index in [4.69, 9.17) is 32.7 Å². The number of nitriles is 1. The topological polar surface area (TPSA) is 134 Å². The molecule has 240 valence electrons. The number of carbonyl (C=O) groups excluding carboxylic acids is 1. The van der Waals surface area contributed by atoms with Gasteiger partial charge in [-0.3, -0.25) is 14.2 Å². The molecule has 1 aliphatic heterocycles. The fraction of sp³-hybridized carbons (Fsp3) is 0.469. The molecule has 1 aliphatic rings. The number of hydrogen-bond donors (Lipinski definition) is 2. The van der Waals surface area contributed by atoms with Crippen LogP contribution in [-0.2, 0) is 11.3 Å². The minimum atomic E-state index is -0.347. The summed E-state index contributed by atoms with van der Waals surface area (Å²) in [6, 6.07) is 5.21. The number of allylic oxidation sites excluding steroid dienone is 1. The Morgan fingerprint density at radius 2 is 1.87 bits per heavy atom. The van der Waals surface area contributed by atoms with Crippen LogP contribution < -0.4 is 25.7 Å². The van der Waals surface area contributed by atoms with Crippen molar-refractivity contribution in [2.45, 2.75) is 52.6 Å². The van der Waals surface area contributed by atoms with Gasteiger partial charge in [0.1, 0.15) is 28.8 Å². The SMILES string of the molecule is CNc1ncc2cc(-c3c(Cl)c(OC)cc(OC)c3Cl)c(=O)n(CCCN3CCCC(NC(=O)/C(C#N)=C/C(C)(C)C)C3)c2n1. The summed E-state index contributed by atoms with van der Waals surface area (Å²) in [5, 5.41) is 16.5. The van der Waals surface area contributed by atoms with Crippen LogP contribution in [0.25, 0.3) is 22.2 Å². The Hall–Kier alpha value is -3.85. The number of halogens is 2. The van der Waals surface area contributed by atoms with Crippen LogP contribution >= 0.6 is 23.2 Å². The molecule has 2 aromatic heterocycles. The number of aromatic nitrogens is 3. The van der Waals surface area contributed by atoms with E-state index < -0.39 is 0 Å². The number of carbonyl (C=O) groups is 1. The van der Waals surface area contributed by atoms with Gasteiger partial charge in [0.15, 0.2) is 0 Å². The molecule has 3 aromatic rings. The third kappa shape index (κ3) is 7.87. The summed E-state index contributed by atoms with van der Waals surface area (Å²) in [4.78, 5) is 38.1. The molecule has 0 saturated carbocycles. The van der Waals surface area contributed by atoms with Gasteiger partial charge in [-0.1, -0.05) is 50.0 Å². The smallest absolute Gasteiger partial charge is 0.261 e. The zero-order valence-electron chi connectivity index (χ0n) is 26.5. The maximum absolute atomic E-state index is 14.1. The number of anilines is 1. The number of aryl methyl sites for hydroxylation is 1. The average Bonchev–Trinajstić information content (AvgIpc) is 3.01. The van der Waals surface area contributed by atoms with E-state index in [0.29, 0.717) is 60.1 Å². The summed E-state index contributed by atoms with van der Waals surface area (Å²) in [7, 11) is 4.67. The van der Waals surface area contributed by atoms with Crippen molar-refractivity contribution in [3.63, 3.8) is 0 Å². The molecule has 3 heterocycles. The van der Waals surface area contributed by atoms with Gasteiger partial charge in [0.2, 0.25) is 5.95 Å². The Morgan fingerprint density at radius 1 is 1.18 bits per heavy atom. The molecule has 1 fully saturated rings. The monoisotopic (exact) mass is 655 g/mol. The Kier molecular flexibility index (Phi) is 11.0. The number of pyridine rings is 1. The number of ether oxygens (including phenoxy) is 2. The average molecular weight is 657 g/mol. The molecule has 4 rings (SSSR count). The van der Waals surface area contributed by atoms with E-state index in [2.05, 4.69) is 25.5 Å². The number of hydrogen-bond acceptors (Lipinski definition) is 9. The van der Waals surface area contributed by atoms with Crippen LogP contribution in [0.1, 0.15) is 40.0 Å². The first-order valence-corrected chi connectivity index (χ1v) is 15.5. The van der Waals surface area contributed by atoms with Crippen LogP contribution in [0.3, 0.4) is 0 Å². The third-order valence-electron chi connectivity index (χ3n) is 7.53. The zero-order valence-corrected chi connectivity index (χ0v) is 28.0. The maximum Gasteiger partial charge on any atom is 0.261 e. The molecule has 0 radical (unpaired) electrons. The summed E-state index contributed by atoms with van der Waals surface area (Å²) in [5.41, 5.74) is 0.578. The number of nitrogens with one attached hydrogen (secondary N) is 2. The Bertz CT molecular complexity index is 1680. The summed E-state index contributed by atoms with van der Waals surface area (Å²) in [6.07, 6.45) is 5.71. The summed E-state index contributed by atoms with van der Waals surface area (Å²) < 4.78 is 12.5. The highest BCUT2D eigenvalue weighted by atomic mass is 35.5. The van der Waals surface area contributed by atoms with E-state index in [1.54, 1.807) is 36.0 Å². The lowest BCUT2D eigenvalue weighted by molar-refractivity contribution is -0.118. The van der Waals surface area contributed by atoms with Gasteiger partial charge in [0.25, 0.3) is 11.5 Å².